The van der Waals surface area contributed by atoms with Crippen LogP contribution in [0.2, 0.25) is 5.02 Å². The summed E-state index contributed by atoms with van der Waals surface area (Å²) in [5.74, 6) is 5.60. The molecule has 5 nitrogen and oxygen atoms in total. The van der Waals surface area contributed by atoms with E-state index < -0.39 is 5.82 Å². The Kier molecular flexibility index (Phi) is 4.13. The molecule has 3 N–H and O–H groups in total. The summed E-state index contributed by atoms with van der Waals surface area (Å²) in [5.41, 5.74) is 3.15. The van der Waals surface area contributed by atoms with Crippen molar-refractivity contribution in [2.75, 3.05) is 5.43 Å². The number of nitrogens with zero attached hydrogens (tertiary/aromatic N) is 2. The molecule has 0 saturated heterocycles. The highest BCUT2D eigenvalue weighted by atomic mass is 35.5. The van der Waals surface area contributed by atoms with Crippen molar-refractivity contribution in [1.29, 1.82) is 0 Å². The van der Waals surface area contributed by atoms with Crippen molar-refractivity contribution in [3.63, 3.8) is 0 Å². The molecule has 19 heavy (non-hydrogen) atoms. The molecular weight excluding hydrogens is 271 g/mol. The molecule has 1 aromatic carbocycles. The number of aromatic nitrogens is 2. The molecule has 0 aliphatic carbocycles. The standard InChI is InChI=1S/C12H12ClFN4O/c1-7-5-10(18-15)17-11(16-7)6-19-9-4-2-3-8(13)12(9)14/h2-5H,6,15H2,1H3,(H,16,17,18). The first-order valence-corrected chi connectivity index (χ1v) is 5.86. The first kappa shape index (κ1) is 13.5. The number of aryl methyl sites for hydroxylation is 1. The summed E-state index contributed by atoms with van der Waals surface area (Å²) in [6.07, 6.45) is 0. The third-order valence-corrected chi connectivity index (χ3v) is 2.61. The molecule has 2 rings (SSSR count). The zero-order valence-corrected chi connectivity index (χ0v) is 10.9. The van der Waals surface area contributed by atoms with Gasteiger partial charge in [0.2, 0.25) is 0 Å². The number of hydrogen-bond donors (Lipinski definition) is 2. The minimum Gasteiger partial charge on any atom is -0.482 e. The fraction of sp³-hybridized carbons (Fsp3) is 0.167. The highest BCUT2D eigenvalue weighted by Crippen LogP contribution is 2.24. The van der Waals surface area contributed by atoms with Crippen molar-refractivity contribution in [1.82, 2.24) is 9.97 Å². The van der Waals surface area contributed by atoms with Crippen LogP contribution in [0.1, 0.15) is 11.5 Å². The predicted octanol–water partition coefficient (Wildman–Crippen LogP) is 2.44. The van der Waals surface area contributed by atoms with E-state index in [2.05, 4.69) is 15.4 Å². The van der Waals surface area contributed by atoms with E-state index in [1.165, 1.54) is 12.1 Å². The van der Waals surface area contributed by atoms with E-state index in [0.717, 1.165) is 5.69 Å². The monoisotopic (exact) mass is 282 g/mol. The highest BCUT2D eigenvalue weighted by Gasteiger charge is 2.09. The quantitative estimate of drug-likeness (QED) is 0.666. The Morgan fingerprint density at radius 2 is 2.21 bits per heavy atom. The number of nitrogen functional groups attached to an aromatic ring is 1. The van der Waals surface area contributed by atoms with Gasteiger partial charge in [0.15, 0.2) is 17.4 Å². The average molecular weight is 283 g/mol. The largest absolute Gasteiger partial charge is 0.482 e. The van der Waals surface area contributed by atoms with Crippen molar-refractivity contribution in [2.24, 2.45) is 5.84 Å². The molecule has 0 aliphatic rings. The van der Waals surface area contributed by atoms with Gasteiger partial charge in [-0.05, 0) is 19.1 Å². The summed E-state index contributed by atoms with van der Waals surface area (Å²) in [6.45, 7) is 1.82. The maximum absolute atomic E-state index is 13.6. The van der Waals surface area contributed by atoms with Crippen molar-refractivity contribution in [3.05, 3.63) is 46.6 Å². The van der Waals surface area contributed by atoms with E-state index in [0.29, 0.717) is 11.6 Å². The number of nitrogens with two attached hydrogens (primary N) is 1. The van der Waals surface area contributed by atoms with E-state index in [9.17, 15) is 4.39 Å². The van der Waals surface area contributed by atoms with Crippen LogP contribution in [-0.4, -0.2) is 9.97 Å². The van der Waals surface area contributed by atoms with Crippen LogP contribution in [0.5, 0.6) is 5.75 Å². The van der Waals surface area contributed by atoms with Crippen LogP contribution in [0.25, 0.3) is 0 Å². The summed E-state index contributed by atoms with van der Waals surface area (Å²) in [4.78, 5) is 8.25. The Morgan fingerprint density at radius 3 is 2.95 bits per heavy atom. The van der Waals surface area contributed by atoms with Gasteiger partial charge in [0.1, 0.15) is 12.4 Å². The Labute approximate surface area is 114 Å². The number of hydrogen-bond acceptors (Lipinski definition) is 5. The van der Waals surface area contributed by atoms with E-state index >= 15 is 0 Å². The van der Waals surface area contributed by atoms with Crippen LogP contribution in [-0.2, 0) is 6.61 Å². The van der Waals surface area contributed by atoms with Gasteiger partial charge in [0.25, 0.3) is 0 Å². The lowest BCUT2D eigenvalue weighted by atomic mass is 10.3. The van der Waals surface area contributed by atoms with Crippen molar-refractivity contribution in [2.45, 2.75) is 13.5 Å². The summed E-state index contributed by atoms with van der Waals surface area (Å²) in [6, 6.07) is 6.22. The molecule has 0 spiro atoms. The first-order chi connectivity index (χ1) is 9.10. The number of benzene rings is 1. The first-order valence-electron chi connectivity index (χ1n) is 5.48. The molecule has 0 radical (unpaired) electrons. The Bertz CT molecular complexity index is 594. The summed E-state index contributed by atoms with van der Waals surface area (Å²) in [7, 11) is 0. The zero-order chi connectivity index (χ0) is 13.8. The molecule has 0 bridgehead atoms. The van der Waals surface area contributed by atoms with Gasteiger partial charge in [-0.25, -0.2) is 20.2 Å². The fourth-order valence-electron chi connectivity index (χ4n) is 1.51. The van der Waals surface area contributed by atoms with Crippen LogP contribution in [0.15, 0.2) is 24.3 Å². The van der Waals surface area contributed by atoms with Gasteiger partial charge in [-0.1, -0.05) is 17.7 Å². The Balaban J connectivity index is 2.14. The molecule has 0 atom stereocenters. The van der Waals surface area contributed by atoms with Crippen molar-refractivity contribution in [3.8, 4) is 5.75 Å². The smallest absolute Gasteiger partial charge is 0.183 e. The minimum atomic E-state index is -0.603. The predicted molar refractivity (Wildman–Crippen MR) is 70.3 cm³/mol. The van der Waals surface area contributed by atoms with E-state index in [4.69, 9.17) is 22.2 Å². The number of hydrazine groups is 1. The summed E-state index contributed by atoms with van der Waals surface area (Å²) < 4.78 is 18.9. The average Bonchev–Trinajstić information content (AvgIpc) is 2.40. The molecule has 0 fully saturated rings. The van der Waals surface area contributed by atoms with Crippen LogP contribution in [0, 0.1) is 12.7 Å². The maximum atomic E-state index is 13.6. The van der Waals surface area contributed by atoms with E-state index in [1.807, 2.05) is 0 Å². The summed E-state index contributed by atoms with van der Waals surface area (Å²) >= 11 is 5.66. The molecule has 7 heteroatoms. The second kappa shape index (κ2) is 5.81. The molecule has 0 saturated carbocycles. The molecule has 1 aromatic heterocycles. The third-order valence-electron chi connectivity index (χ3n) is 2.32. The lowest BCUT2D eigenvalue weighted by molar-refractivity contribution is 0.281. The number of rotatable bonds is 4. The highest BCUT2D eigenvalue weighted by molar-refractivity contribution is 6.30. The Morgan fingerprint density at radius 1 is 1.42 bits per heavy atom. The van der Waals surface area contributed by atoms with Gasteiger partial charge in [0, 0.05) is 11.8 Å². The van der Waals surface area contributed by atoms with Gasteiger partial charge in [-0.3, -0.25) is 0 Å². The van der Waals surface area contributed by atoms with Crippen molar-refractivity contribution < 1.29 is 9.13 Å². The van der Waals surface area contributed by atoms with Gasteiger partial charge >= 0.3 is 0 Å². The lowest BCUT2D eigenvalue weighted by Gasteiger charge is -2.08. The zero-order valence-electron chi connectivity index (χ0n) is 10.2. The normalized spacial score (nSPS) is 10.3. The maximum Gasteiger partial charge on any atom is 0.183 e. The fourth-order valence-corrected chi connectivity index (χ4v) is 1.67. The number of anilines is 1. The molecule has 1 heterocycles. The topological polar surface area (TPSA) is 73.1 Å². The van der Waals surface area contributed by atoms with E-state index in [-0.39, 0.29) is 17.4 Å². The summed E-state index contributed by atoms with van der Waals surface area (Å²) in [5, 5.41) is 0.00646. The number of halogens is 2. The molecule has 100 valence electrons. The van der Waals surface area contributed by atoms with Crippen LogP contribution in [0.4, 0.5) is 10.2 Å². The molecule has 2 aromatic rings. The molecule has 0 unspecified atom stereocenters. The van der Waals surface area contributed by atoms with E-state index in [1.54, 1.807) is 19.1 Å². The van der Waals surface area contributed by atoms with Gasteiger partial charge in [-0.15, -0.1) is 0 Å². The number of ether oxygens (including phenoxy) is 1. The Hall–Kier alpha value is -1.92. The van der Waals surface area contributed by atoms with Crippen molar-refractivity contribution >= 4 is 17.4 Å². The van der Waals surface area contributed by atoms with Crippen LogP contribution >= 0.6 is 11.6 Å². The lowest BCUT2D eigenvalue weighted by Crippen LogP contribution is -2.12. The minimum absolute atomic E-state index is 0.00646. The van der Waals surface area contributed by atoms with Gasteiger partial charge in [0.05, 0.1) is 5.02 Å². The molecular formula is C12H12ClFN4O. The second-order valence-electron chi connectivity index (χ2n) is 3.80. The SMILES string of the molecule is Cc1cc(NN)nc(COc2cccc(Cl)c2F)n1. The third kappa shape index (κ3) is 3.30. The number of nitrogens with one attached hydrogen (secondary N) is 1. The van der Waals surface area contributed by atoms with Crippen LogP contribution < -0.4 is 16.0 Å². The molecule has 0 aliphatic heterocycles. The van der Waals surface area contributed by atoms with Gasteiger partial charge in [-0.2, -0.15) is 0 Å². The molecule has 0 amide bonds. The van der Waals surface area contributed by atoms with Gasteiger partial charge < -0.3 is 10.2 Å². The van der Waals surface area contributed by atoms with Crippen LogP contribution in [0.3, 0.4) is 0 Å². The second-order valence-corrected chi connectivity index (χ2v) is 4.20.